The van der Waals surface area contributed by atoms with E-state index in [4.69, 9.17) is 11.6 Å². The van der Waals surface area contributed by atoms with Gasteiger partial charge in [-0.2, -0.15) is 0 Å². The van der Waals surface area contributed by atoms with E-state index >= 15 is 0 Å². The average molecular weight is 603 g/mol. The molecule has 0 radical (unpaired) electrons. The minimum Gasteiger partial charge on any atom is -0.312 e. The summed E-state index contributed by atoms with van der Waals surface area (Å²) in [5.74, 6) is 4.03. The predicted molar refractivity (Wildman–Crippen MR) is 173 cm³/mol. The van der Waals surface area contributed by atoms with Crippen molar-refractivity contribution >= 4 is 35.3 Å². The molecule has 4 fully saturated rings. The summed E-state index contributed by atoms with van der Waals surface area (Å²) in [5, 5.41) is 7.93. The number of hydrazine groups is 1. The molecule has 9 heteroatoms. The van der Waals surface area contributed by atoms with Gasteiger partial charge in [0.2, 0.25) is 0 Å². The molecule has 4 rings (SSSR count). The first-order valence-corrected chi connectivity index (χ1v) is 18.4. The third-order valence-electron chi connectivity index (χ3n) is 10.0. The van der Waals surface area contributed by atoms with Gasteiger partial charge in [-0.05, 0) is 106 Å². The van der Waals surface area contributed by atoms with Gasteiger partial charge in [-0.1, -0.05) is 64.7 Å². The molecule has 0 aromatic carbocycles. The van der Waals surface area contributed by atoms with Gasteiger partial charge in [0.05, 0.1) is 0 Å². The van der Waals surface area contributed by atoms with Crippen LogP contribution in [0.5, 0.6) is 0 Å². The van der Waals surface area contributed by atoms with Crippen LogP contribution in [0.3, 0.4) is 0 Å². The van der Waals surface area contributed by atoms with Crippen LogP contribution < -0.4 is 26.2 Å². The first-order chi connectivity index (χ1) is 18.7. The molecule has 4 unspecified atom stereocenters. The van der Waals surface area contributed by atoms with Crippen LogP contribution in [0.1, 0.15) is 92.4 Å². The molecule has 0 bridgehead atoms. The number of nitrogens with zero attached hydrogens (tertiary/aromatic N) is 1. The average Bonchev–Trinajstić information content (AvgIpc) is 3.34. The van der Waals surface area contributed by atoms with Crippen molar-refractivity contribution in [1.82, 2.24) is 31.1 Å². The fourth-order valence-corrected chi connectivity index (χ4v) is 10.2. The maximum absolute atomic E-state index is 6.43. The van der Waals surface area contributed by atoms with E-state index in [1.54, 1.807) is 0 Å². The summed E-state index contributed by atoms with van der Waals surface area (Å²) in [5.41, 5.74) is 7.40. The highest BCUT2D eigenvalue weighted by atomic mass is 35.5. The van der Waals surface area contributed by atoms with E-state index in [1.165, 1.54) is 84.0 Å². The standard InChI is InChI=1S/C30H59ClN6S2/c1-6-32-28-35-36-29(38-28)39-34-18-23-9-7-8-22(16-23)17-33-27(21(2)3)19-37-15-14-26(30(4,5)20-37)24-10-12-25(31)13-11-24/h21-29,32-36H,6-20H2,1-5H3/t22?,23?,24?,25?,26-,27+,28?,29?/m1/s1. The normalized spacial score (nSPS) is 36.8. The van der Waals surface area contributed by atoms with Gasteiger partial charge < -0.3 is 10.2 Å². The Morgan fingerprint density at radius 1 is 1.03 bits per heavy atom. The number of halogens is 1. The Labute approximate surface area is 253 Å². The van der Waals surface area contributed by atoms with E-state index in [2.05, 4.69) is 65.7 Å². The molecule has 2 heterocycles. The van der Waals surface area contributed by atoms with Crippen LogP contribution in [-0.4, -0.2) is 65.8 Å². The minimum atomic E-state index is 0.307. The van der Waals surface area contributed by atoms with Crippen LogP contribution in [0.4, 0.5) is 0 Å². The Morgan fingerprint density at radius 3 is 2.46 bits per heavy atom. The fraction of sp³-hybridized carbons (Fsp3) is 1.00. The highest BCUT2D eigenvalue weighted by molar-refractivity contribution is 8.16. The summed E-state index contributed by atoms with van der Waals surface area (Å²) < 4.78 is 4.05. The third kappa shape index (κ3) is 10.2. The molecule has 6 atom stereocenters. The zero-order valence-electron chi connectivity index (χ0n) is 25.4. The first-order valence-electron chi connectivity index (χ1n) is 16.1. The number of alkyl halides is 1. The van der Waals surface area contributed by atoms with E-state index in [0.29, 0.717) is 33.0 Å². The molecule has 39 heavy (non-hydrogen) atoms. The number of hydrogen-bond donors (Lipinski definition) is 5. The summed E-state index contributed by atoms with van der Waals surface area (Å²) in [7, 11) is 0. The van der Waals surface area contributed by atoms with E-state index in [1.807, 2.05) is 23.7 Å². The van der Waals surface area contributed by atoms with Crippen molar-refractivity contribution < 1.29 is 0 Å². The zero-order valence-corrected chi connectivity index (χ0v) is 27.8. The zero-order chi connectivity index (χ0) is 27.8. The second-order valence-electron chi connectivity index (χ2n) is 13.9. The molecule has 4 aliphatic rings. The molecule has 228 valence electrons. The lowest BCUT2D eigenvalue weighted by molar-refractivity contribution is 0.00453. The van der Waals surface area contributed by atoms with E-state index in [-0.39, 0.29) is 0 Å². The Kier molecular flexibility index (Phi) is 13.4. The van der Waals surface area contributed by atoms with Crippen molar-refractivity contribution in [1.29, 1.82) is 0 Å². The van der Waals surface area contributed by atoms with Crippen molar-refractivity contribution in [2.24, 2.45) is 35.0 Å². The monoisotopic (exact) mass is 602 g/mol. The summed E-state index contributed by atoms with van der Waals surface area (Å²) >= 11 is 10.2. The Morgan fingerprint density at radius 2 is 1.77 bits per heavy atom. The Balaban J connectivity index is 1.16. The van der Waals surface area contributed by atoms with Crippen molar-refractivity contribution in [3.63, 3.8) is 0 Å². The van der Waals surface area contributed by atoms with Crippen LogP contribution in [0.25, 0.3) is 0 Å². The molecule has 0 aromatic rings. The van der Waals surface area contributed by atoms with Crippen LogP contribution in [0, 0.1) is 35.0 Å². The van der Waals surface area contributed by atoms with Crippen LogP contribution in [-0.2, 0) is 0 Å². The molecule has 0 spiro atoms. The molecule has 2 saturated carbocycles. The molecule has 5 N–H and O–H groups in total. The second-order valence-corrected chi connectivity index (χ2v) is 17.1. The van der Waals surface area contributed by atoms with Gasteiger partial charge in [0.1, 0.15) is 10.2 Å². The molecule has 2 saturated heterocycles. The van der Waals surface area contributed by atoms with Crippen LogP contribution in [0.15, 0.2) is 0 Å². The molecule has 0 amide bonds. The molecular formula is C30H59ClN6S2. The minimum absolute atomic E-state index is 0.307. The summed E-state index contributed by atoms with van der Waals surface area (Å²) in [6, 6.07) is 0.584. The molecule has 6 nitrogen and oxygen atoms in total. The fourth-order valence-electron chi connectivity index (χ4n) is 7.79. The SMILES string of the molecule is CCNC1NNC(SNCC2CCCC(CN[C@@H](CN3CC[C@H](C4CCC(Cl)CC4)C(C)(C)C3)C(C)C)C2)S1. The van der Waals surface area contributed by atoms with E-state index in [0.717, 1.165) is 36.8 Å². The van der Waals surface area contributed by atoms with Crippen molar-refractivity contribution in [3.8, 4) is 0 Å². The topological polar surface area (TPSA) is 63.4 Å². The summed E-state index contributed by atoms with van der Waals surface area (Å²) in [6.45, 7) is 19.1. The molecule has 0 aromatic heterocycles. The number of rotatable bonds is 13. The van der Waals surface area contributed by atoms with Gasteiger partial charge in [0, 0.05) is 31.1 Å². The van der Waals surface area contributed by atoms with E-state index < -0.39 is 0 Å². The number of likely N-dealkylation sites (tertiary alicyclic amines) is 1. The van der Waals surface area contributed by atoms with Crippen molar-refractivity contribution in [2.75, 3.05) is 39.3 Å². The maximum Gasteiger partial charge on any atom is 0.130 e. The Hall–Kier alpha value is 0.750. The second kappa shape index (κ2) is 16.0. The number of hydrogen-bond acceptors (Lipinski definition) is 8. The highest BCUT2D eigenvalue weighted by Gasteiger charge is 2.41. The lowest BCUT2D eigenvalue weighted by Gasteiger charge is -2.49. The molecule has 2 aliphatic heterocycles. The molecular weight excluding hydrogens is 544 g/mol. The van der Waals surface area contributed by atoms with Gasteiger partial charge in [-0.15, -0.1) is 11.6 Å². The van der Waals surface area contributed by atoms with Gasteiger partial charge in [-0.3, -0.25) is 10.0 Å². The maximum atomic E-state index is 6.43. The largest absolute Gasteiger partial charge is 0.312 e. The van der Waals surface area contributed by atoms with Gasteiger partial charge >= 0.3 is 0 Å². The first kappa shape index (κ1) is 32.7. The van der Waals surface area contributed by atoms with Gasteiger partial charge in [-0.25, -0.2) is 10.9 Å². The molecule has 2 aliphatic carbocycles. The Bertz CT molecular complexity index is 707. The van der Waals surface area contributed by atoms with Crippen molar-refractivity contribution in [2.45, 2.75) is 114 Å². The smallest absolute Gasteiger partial charge is 0.130 e. The highest BCUT2D eigenvalue weighted by Crippen LogP contribution is 2.45. The summed E-state index contributed by atoms with van der Waals surface area (Å²) in [4.78, 5) is 2.79. The van der Waals surface area contributed by atoms with E-state index in [9.17, 15) is 0 Å². The number of nitrogens with one attached hydrogen (secondary N) is 5. The lowest BCUT2D eigenvalue weighted by atomic mass is 9.64. The van der Waals surface area contributed by atoms with Crippen LogP contribution >= 0.6 is 35.3 Å². The third-order valence-corrected chi connectivity index (χ3v) is 12.7. The quantitative estimate of drug-likeness (QED) is 0.134. The number of piperidine rings is 1. The van der Waals surface area contributed by atoms with Gasteiger partial charge in [0.25, 0.3) is 0 Å². The lowest BCUT2D eigenvalue weighted by Crippen LogP contribution is -2.53. The van der Waals surface area contributed by atoms with Crippen molar-refractivity contribution in [3.05, 3.63) is 0 Å². The summed E-state index contributed by atoms with van der Waals surface area (Å²) in [6.07, 6.45) is 12.0. The van der Waals surface area contributed by atoms with Crippen LogP contribution in [0.2, 0.25) is 0 Å². The number of thioether (sulfide) groups is 1. The van der Waals surface area contributed by atoms with Gasteiger partial charge in [0.15, 0.2) is 0 Å². The predicted octanol–water partition coefficient (Wildman–Crippen LogP) is 5.81.